The highest BCUT2D eigenvalue weighted by Gasteiger charge is 2.19. The van der Waals surface area contributed by atoms with Crippen LogP contribution < -0.4 is 15.1 Å². The molecule has 9 heteroatoms. The average molecular weight is 412 g/mol. The van der Waals surface area contributed by atoms with Gasteiger partial charge in [-0.05, 0) is 43.3 Å². The number of hydrogen-bond donors (Lipinski definition) is 1. The Morgan fingerprint density at radius 2 is 1.77 bits per heavy atom. The number of rotatable bonds is 7. The van der Waals surface area contributed by atoms with Gasteiger partial charge in [-0.1, -0.05) is 0 Å². The van der Waals surface area contributed by atoms with Gasteiger partial charge in [0.2, 0.25) is 5.91 Å². The largest absolute Gasteiger partial charge is 0.378 e. The molecule has 30 heavy (non-hydrogen) atoms. The maximum absolute atomic E-state index is 12.7. The van der Waals surface area contributed by atoms with Crippen LogP contribution in [0.2, 0.25) is 0 Å². The van der Waals surface area contributed by atoms with E-state index in [1.54, 1.807) is 17.0 Å². The summed E-state index contributed by atoms with van der Waals surface area (Å²) in [5.41, 5.74) is 2.00. The average Bonchev–Trinajstić information content (AvgIpc) is 2.78. The Bertz CT molecular complexity index is 848. The fourth-order valence-corrected chi connectivity index (χ4v) is 3.12. The van der Waals surface area contributed by atoms with Crippen LogP contribution in [0.15, 0.2) is 36.4 Å². The number of carbonyl (C=O) groups excluding carboxylic acids is 2. The first-order valence-corrected chi connectivity index (χ1v) is 10.0. The minimum atomic E-state index is -0.326. The van der Waals surface area contributed by atoms with Crippen LogP contribution in [0.3, 0.4) is 0 Å². The van der Waals surface area contributed by atoms with Crippen molar-refractivity contribution in [1.82, 2.24) is 15.1 Å². The van der Waals surface area contributed by atoms with Crippen LogP contribution in [0.1, 0.15) is 17.4 Å². The lowest BCUT2D eigenvalue weighted by atomic mass is 10.2. The molecule has 1 aliphatic heterocycles. The second-order valence-electron chi connectivity index (χ2n) is 7.18. The topological polar surface area (TPSA) is 90.9 Å². The van der Waals surface area contributed by atoms with Crippen molar-refractivity contribution in [1.29, 1.82) is 0 Å². The third-order valence-electron chi connectivity index (χ3n) is 4.86. The summed E-state index contributed by atoms with van der Waals surface area (Å²) in [5.74, 6) is 0.0724. The predicted molar refractivity (Wildman–Crippen MR) is 116 cm³/mol. The van der Waals surface area contributed by atoms with E-state index in [4.69, 9.17) is 4.74 Å². The lowest BCUT2D eigenvalue weighted by Crippen LogP contribution is -2.38. The normalized spacial score (nSPS) is 13.6. The van der Waals surface area contributed by atoms with Crippen molar-refractivity contribution >= 4 is 29.0 Å². The first kappa shape index (κ1) is 21.5. The Balaban J connectivity index is 1.57. The molecule has 2 heterocycles. The molecule has 1 aromatic carbocycles. The zero-order valence-electron chi connectivity index (χ0n) is 17.7. The van der Waals surface area contributed by atoms with Gasteiger partial charge >= 0.3 is 0 Å². The zero-order chi connectivity index (χ0) is 21.5. The Morgan fingerprint density at radius 1 is 1.07 bits per heavy atom. The summed E-state index contributed by atoms with van der Waals surface area (Å²) in [6.07, 6.45) is 0. The molecular formula is C21H28N6O3. The fourth-order valence-electron chi connectivity index (χ4n) is 3.12. The van der Waals surface area contributed by atoms with E-state index in [9.17, 15) is 9.59 Å². The van der Waals surface area contributed by atoms with Gasteiger partial charge in [0.1, 0.15) is 6.54 Å². The number of aromatic nitrogens is 2. The van der Waals surface area contributed by atoms with E-state index in [1.807, 2.05) is 45.3 Å². The van der Waals surface area contributed by atoms with Crippen molar-refractivity contribution in [3.8, 4) is 0 Å². The minimum absolute atomic E-state index is 0.0579. The molecule has 1 saturated heterocycles. The number of benzene rings is 1. The Labute approximate surface area is 176 Å². The van der Waals surface area contributed by atoms with E-state index in [2.05, 4.69) is 20.4 Å². The highest BCUT2D eigenvalue weighted by atomic mass is 16.5. The monoisotopic (exact) mass is 412 g/mol. The maximum atomic E-state index is 12.7. The van der Waals surface area contributed by atoms with E-state index in [0.717, 1.165) is 32.0 Å². The summed E-state index contributed by atoms with van der Waals surface area (Å²) in [6.45, 7) is 5.32. The lowest BCUT2D eigenvalue weighted by Gasteiger charge is -2.29. The molecule has 1 fully saturated rings. The van der Waals surface area contributed by atoms with Gasteiger partial charge in [0.25, 0.3) is 5.91 Å². The zero-order valence-corrected chi connectivity index (χ0v) is 17.7. The van der Waals surface area contributed by atoms with E-state index >= 15 is 0 Å². The molecule has 0 atom stereocenters. The van der Waals surface area contributed by atoms with Crippen molar-refractivity contribution in [2.24, 2.45) is 0 Å². The molecule has 1 N–H and O–H groups in total. The van der Waals surface area contributed by atoms with Gasteiger partial charge in [0.15, 0.2) is 11.5 Å². The maximum Gasteiger partial charge on any atom is 0.274 e. The molecule has 0 saturated carbocycles. The summed E-state index contributed by atoms with van der Waals surface area (Å²) in [5, 5.41) is 10.9. The summed E-state index contributed by atoms with van der Waals surface area (Å²) in [6, 6.07) is 11.0. The molecule has 9 nitrogen and oxygen atoms in total. The first-order chi connectivity index (χ1) is 14.5. The highest BCUT2D eigenvalue weighted by molar-refractivity contribution is 5.98. The van der Waals surface area contributed by atoms with Gasteiger partial charge < -0.3 is 24.8 Å². The number of anilines is 3. The van der Waals surface area contributed by atoms with Crippen LogP contribution in [-0.2, 0) is 9.53 Å². The molecule has 1 aliphatic rings. The quantitative estimate of drug-likeness (QED) is 0.737. The van der Waals surface area contributed by atoms with Crippen molar-refractivity contribution in [2.75, 3.05) is 68.6 Å². The van der Waals surface area contributed by atoms with Crippen LogP contribution in [0.25, 0.3) is 0 Å². The lowest BCUT2D eigenvalue weighted by molar-refractivity contribution is -0.116. The standard InChI is InChI=1S/C21H28N6O3/c1-4-26(21(29)18-9-10-19(24-23-18)25(2)3)15-20(28)22-16-5-7-17(8-6-16)27-11-13-30-14-12-27/h5-10H,4,11-15H2,1-3H3,(H,22,28). The number of likely N-dealkylation sites (N-methyl/N-ethyl adjacent to an activating group) is 1. The summed E-state index contributed by atoms with van der Waals surface area (Å²) >= 11 is 0. The number of morpholine rings is 1. The van der Waals surface area contributed by atoms with Gasteiger partial charge in [-0.2, -0.15) is 0 Å². The van der Waals surface area contributed by atoms with Crippen LogP contribution in [0.5, 0.6) is 0 Å². The summed E-state index contributed by atoms with van der Waals surface area (Å²) < 4.78 is 5.37. The molecule has 0 spiro atoms. The number of hydrogen-bond acceptors (Lipinski definition) is 7. The molecule has 0 radical (unpaired) electrons. The van der Waals surface area contributed by atoms with Crippen molar-refractivity contribution in [3.05, 3.63) is 42.1 Å². The summed E-state index contributed by atoms with van der Waals surface area (Å²) in [7, 11) is 3.70. The molecule has 2 aromatic rings. The van der Waals surface area contributed by atoms with Crippen molar-refractivity contribution in [2.45, 2.75) is 6.92 Å². The number of nitrogens with zero attached hydrogens (tertiary/aromatic N) is 5. The molecule has 0 aliphatic carbocycles. The number of amides is 2. The Hall–Kier alpha value is -3.20. The van der Waals surface area contributed by atoms with Gasteiger partial charge in [0.05, 0.1) is 13.2 Å². The fraction of sp³-hybridized carbons (Fsp3) is 0.429. The second kappa shape index (κ2) is 10.0. The molecule has 160 valence electrons. The third-order valence-corrected chi connectivity index (χ3v) is 4.86. The van der Waals surface area contributed by atoms with E-state index < -0.39 is 0 Å². The molecule has 1 aromatic heterocycles. The molecular weight excluding hydrogens is 384 g/mol. The van der Waals surface area contributed by atoms with Crippen LogP contribution in [0, 0.1) is 0 Å². The van der Waals surface area contributed by atoms with Crippen molar-refractivity contribution < 1.29 is 14.3 Å². The van der Waals surface area contributed by atoms with E-state index in [1.165, 1.54) is 4.90 Å². The van der Waals surface area contributed by atoms with Gasteiger partial charge in [-0.3, -0.25) is 9.59 Å². The molecule has 3 rings (SSSR count). The number of nitrogens with one attached hydrogen (secondary N) is 1. The van der Waals surface area contributed by atoms with E-state index in [-0.39, 0.29) is 24.1 Å². The Morgan fingerprint density at radius 3 is 2.33 bits per heavy atom. The Kier molecular flexibility index (Phi) is 7.18. The van der Waals surface area contributed by atoms with Gasteiger partial charge in [-0.15, -0.1) is 10.2 Å². The first-order valence-electron chi connectivity index (χ1n) is 10.0. The van der Waals surface area contributed by atoms with Gasteiger partial charge in [0, 0.05) is 45.1 Å². The highest BCUT2D eigenvalue weighted by Crippen LogP contribution is 2.19. The van der Waals surface area contributed by atoms with Gasteiger partial charge in [-0.25, -0.2) is 0 Å². The third kappa shape index (κ3) is 5.44. The summed E-state index contributed by atoms with van der Waals surface area (Å²) in [4.78, 5) is 30.6. The predicted octanol–water partition coefficient (Wildman–Crippen LogP) is 1.48. The number of carbonyl (C=O) groups is 2. The molecule has 2 amide bonds. The SMILES string of the molecule is CCN(CC(=O)Nc1ccc(N2CCOCC2)cc1)C(=O)c1ccc(N(C)C)nn1. The van der Waals surface area contributed by atoms with Crippen molar-refractivity contribution in [3.63, 3.8) is 0 Å². The van der Waals surface area contributed by atoms with Crippen LogP contribution >= 0.6 is 0 Å². The van der Waals surface area contributed by atoms with Crippen LogP contribution in [-0.4, -0.2) is 80.4 Å². The number of ether oxygens (including phenoxy) is 1. The molecule has 0 unspecified atom stereocenters. The van der Waals surface area contributed by atoms with E-state index in [0.29, 0.717) is 18.1 Å². The second-order valence-corrected chi connectivity index (χ2v) is 7.18. The van der Waals surface area contributed by atoms with Crippen LogP contribution in [0.4, 0.5) is 17.2 Å². The molecule has 0 bridgehead atoms. The minimum Gasteiger partial charge on any atom is -0.378 e. The smallest absolute Gasteiger partial charge is 0.274 e.